The van der Waals surface area contributed by atoms with Crippen molar-refractivity contribution < 1.29 is 4.74 Å². The van der Waals surface area contributed by atoms with Crippen molar-refractivity contribution in [1.82, 2.24) is 9.97 Å². The Kier molecular flexibility index (Phi) is 6.26. The lowest BCUT2D eigenvalue weighted by atomic mass is 10.2. The Balaban J connectivity index is 1.76. The van der Waals surface area contributed by atoms with Gasteiger partial charge in [0.15, 0.2) is 0 Å². The first-order valence-electron chi connectivity index (χ1n) is 9.28. The monoisotopic (exact) mass is 362 g/mol. The molecule has 0 atom stereocenters. The highest BCUT2D eigenvalue weighted by Gasteiger charge is 2.13. The highest BCUT2D eigenvalue weighted by atomic mass is 16.5. The van der Waals surface area contributed by atoms with Crippen molar-refractivity contribution in [2.45, 2.75) is 33.4 Å². The molecule has 3 aromatic rings. The number of hydrogen-bond acceptors (Lipinski definition) is 5. The second-order valence-corrected chi connectivity index (χ2v) is 6.55. The molecule has 0 radical (unpaired) electrons. The van der Waals surface area contributed by atoms with Crippen molar-refractivity contribution >= 4 is 17.3 Å². The molecule has 5 nitrogen and oxygen atoms in total. The van der Waals surface area contributed by atoms with Gasteiger partial charge in [0.05, 0.1) is 6.61 Å². The predicted molar refractivity (Wildman–Crippen MR) is 111 cm³/mol. The molecule has 0 saturated carbocycles. The van der Waals surface area contributed by atoms with E-state index in [0.29, 0.717) is 12.6 Å². The second kappa shape index (κ2) is 9.03. The van der Waals surface area contributed by atoms with Gasteiger partial charge in [-0.3, -0.25) is 0 Å². The van der Waals surface area contributed by atoms with Crippen LogP contribution in [0.1, 0.15) is 26.3 Å². The van der Waals surface area contributed by atoms with Crippen LogP contribution in [0.15, 0.2) is 67.0 Å². The summed E-state index contributed by atoms with van der Waals surface area (Å²) in [5.74, 6) is 2.53. The molecule has 27 heavy (non-hydrogen) atoms. The summed E-state index contributed by atoms with van der Waals surface area (Å²) in [7, 11) is 0. The molecule has 0 spiro atoms. The summed E-state index contributed by atoms with van der Waals surface area (Å²) in [5, 5.41) is 3.34. The van der Waals surface area contributed by atoms with E-state index >= 15 is 0 Å². The van der Waals surface area contributed by atoms with Crippen molar-refractivity contribution in [2.75, 3.05) is 16.8 Å². The molecule has 0 saturated heterocycles. The Bertz CT molecular complexity index is 834. The highest BCUT2D eigenvalue weighted by molar-refractivity contribution is 5.60. The van der Waals surface area contributed by atoms with E-state index in [1.165, 1.54) is 5.56 Å². The van der Waals surface area contributed by atoms with Gasteiger partial charge < -0.3 is 15.0 Å². The molecule has 140 valence electrons. The number of nitrogens with zero attached hydrogens (tertiary/aromatic N) is 3. The quantitative estimate of drug-likeness (QED) is 0.609. The molecule has 0 fully saturated rings. The average Bonchev–Trinajstić information content (AvgIpc) is 2.69. The highest BCUT2D eigenvalue weighted by Crippen LogP contribution is 2.23. The molecule has 1 heterocycles. The Morgan fingerprint density at radius 2 is 1.74 bits per heavy atom. The summed E-state index contributed by atoms with van der Waals surface area (Å²) in [5.41, 5.74) is 2.22. The summed E-state index contributed by atoms with van der Waals surface area (Å²) in [6.07, 6.45) is 1.60. The first kappa shape index (κ1) is 18.7. The van der Waals surface area contributed by atoms with E-state index < -0.39 is 0 Å². The fourth-order valence-corrected chi connectivity index (χ4v) is 2.83. The maximum absolute atomic E-state index is 5.48. The first-order valence-corrected chi connectivity index (χ1v) is 9.28. The van der Waals surface area contributed by atoms with E-state index in [9.17, 15) is 0 Å². The lowest BCUT2D eigenvalue weighted by molar-refractivity contribution is 0.340. The van der Waals surface area contributed by atoms with Gasteiger partial charge >= 0.3 is 0 Å². The van der Waals surface area contributed by atoms with Gasteiger partial charge in [-0.05, 0) is 50.6 Å². The Morgan fingerprint density at radius 1 is 1.00 bits per heavy atom. The van der Waals surface area contributed by atoms with E-state index in [1.54, 1.807) is 6.33 Å². The zero-order chi connectivity index (χ0) is 19.1. The smallest absolute Gasteiger partial charge is 0.135 e. The molecule has 5 heteroatoms. The molecule has 0 aliphatic carbocycles. The Labute approximate surface area is 161 Å². The van der Waals surface area contributed by atoms with Crippen LogP contribution in [0.5, 0.6) is 5.75 Å². The van der Waals surface area contributed by atoms with Gasteiger partial charge in [-0.1, -0.05) is 30.3 Å². The van der Waals surface area contributed by atoms with E-state index in [0.717, 1.165) is 29.6 Å². The molecule has 2 aromatic carbocycles. The van der Waals surface area contributed by atoms with Gasteiger partial charge in [-0.2, -0.15) is 0 Å². The molecule has 1 aromatic heterocycles. The standard InChI is InChI=1S/C22H26N4O/c1-4-27-20-12-10-19(11-13-20)25-21-14-22(24-16-23-21)26(17(2)3)15-18-8-6-5-7-9-18/h5-14,16-17H,4,15H2,1-3H3,(H,23,24,25). The molecule has 0 unspecified atom stereocenters. The molecule has 3 rings (SSSR count). The van der Waals surface area contributed by atoms with Crippen LogP contribution in [-0.4, -0.2) is 22.6 Å². The van der Waals surface area contributed by atoms with Crippen molar-refractivity contribution in [3.63, 3.8) is 0 Å². The second-order valence-electron chi connectivity index (χ2n) is 6.55. The van der Waals surface area contributed by atoms with Crippen LogP contribution in [0.25, 0.3) is 0 Å². The normalized spacial score (nSPS) is 10.7. The van der Waals surface area contributed by atoms with Crippen LogP contribution in [-0.2, 0) is 6.54 Å². The van der Waals surface area contributed by atoms with Gasteiger partial charge in [0.25, 0.3) is 0 Å². The number of anilines is 3. The topological polar surface area (TPSA) is 50.3 Å². The maximum atomic E-state index is 5.48. The molecule has 0 aliphatic rings. The number of nitrogens with one attached hydrogen (secondary N) is 1. The lowest BCUT2D eigenvalue weighted by Gasteiger charge is -2.28. The number of aromatic nitrogens is 2. The van der Waals surface area contributed by atoms with E-state index in [1.807, 2.05) is 43.3 Å². The summed E-state index contributed by atoms with van der Waals surface area (Å²) < 4.78 is 5.48. The minimum absolute atomic E-state index is 0.318. The van der Waals surface area contributed by atoms with Gasteiger partial charge in [0.1, 0.15) is 23.7 Å². The average molecular weight is 362 g/mol. The number of ether oxygens (including phenoxy) is 1. The Morgan fingerprint density at radius 3 is 2.41 bits per heavy atom. The van der Waals surface area contributed by atoms with Crippen molar-refractivity contribution in [1.29, 1.82) is 0 Å². The van der Waals surface area contributed by atoms with Crippen LogP contribution in [0.3, 0.4) is 0 Å². The fraction of sp³-hybridized carbons (Fsp3) is 0.273. The van der Waals surface area contributed by atoms with Crippen LogP contribution in [0, 0.1) is 0 Å². The number of hydrogen-bond donors (Lipinski definition) is 1. The minimum Gasteiger partial charge on any atom is -0.494 e. The van der Waals surface area contributed by atoms with Crippen LogP contribution >= 0.6 is 0 Å². The Hall–Kier alpha value is -3.08. The zero-order valence-corrected chi connectivity index (χ0v) is 16.1. The largest absolute Gasteiger partial charge is 0.494 e. The maximum Gasteiger partial charge on any atom is 0.135 e. The van der Waals surface area contributed by atoms with Gasteiger partial charge in [-0.15, -0.1) is 0 Å². The summed E-state index contributed by atoms with van der Waals surface area (Å²) >= 11 is 0. The third kappa shape index (κ3) is 5.20. The molecule has 1 N–H and O–H groups in total. The summed E-state index contributed by atoms with van der Waals surface area (Å²) in [4.78, 5) is 11.1. The van der Waals surface area contributed by atoms with E-state index in [2.05, 4.69) is 58.3 Å². The van der Waals surface area contributed by atoms with Crippen LogP contribution in [0.4, 0.5) is 17.3 Å². The SMILES string of the molecule is CCOc1ccc(Nc2cc(N(Cc3ccccc3)C(C)C)ncn2)cc1. The zero-order valence-electron chi connectivity index (χ0n) is 16.1. The van der Waals surface area contributed by atoms with Crippen molar-refractivity contribution in [3.8, 4) is 5.75 Å². The molecule has 0 bridgehead atoms. The molecular weight excluding hydrogens is 336 g/mol. The fourth-order valence-electron chi connectivity index (χ4n) is 2.83. The minimum atomic E-state index is 0.318. The van der Waals surface area contributed by atoms with Crippen molar-refractivity contribution in [3.05, 3.63) is 72.6 Å². The van der Waals surface area contributed by atoms with E-state index in [-0.39, 0.29) is 0 Å². The lowest BCUT2D eigenvalue weighted by Crippen LogP contribution is -2.31. The number of rotatable bonds is 8. The van der Waals surface area contributed by atoms with Crippen LogP contribution < -0.4 is 15.0 Å². The van der Waals surface area contributed by atoms with Gasteiger partial charge in [-0.25, -0.2) is 9.97 Å². The summed E-state index contributed by atoms with van der Waals surface area (Å²) in [6, 6.07) is 20.6. The van der Waals surface area contributed by atoms with Gasteiger partial charge in [0, 0.05) is 24.3 Å². The third-order valence-corrected chi connectivity index (χ3v) is 4.20. The molecule has 0 aliphatic heterocycles. The third-order valence-electron chi connectivity index (χ3n) is 4.20. The predicted octanol–water partition coefficient (Wildman–Crippen LogP) is 5.03. The first-order chi connectivity index (χ1) is 13.2. The van der Waals surface area contributed by atoms with Crippen molar-refractivity contribution in [2.24, 2.45) is 0 Å². The molecular formula is C22H26N4O. The van der Waals surface area contributed by atoms with Gasteiger partial charge in [0.2, 0.25) is 0 Å². The summed E-state index contributed by atoms with van der Waals surface area (Å²) in [6.45, 7) is 7.78. The van der Waals surface area contributed by atoms with E-state index in [4.69, 9.17) is 4.74 Å². The molecule has 0 amide bonds. The van der Waals surface area contributed by atoms with Crippen LogP contribution in [0.2, 0.25) is 0 Å². The number of benzene rings is 2.